The second-order valence-electron chi connectivity index (χ2n) is 6.05. The number of aryl methyl sites for hydroxylation is 1. The predicted molar refractivity (Wildman–Crippen MR) is 106 cm³/mol. The number of aromatic nitrogens is 2. The number of ether oxygens (including phenoxy) is 1. The van der Waals surface area contributed by atoms with Crippen LogP contribution in [-0.2, 0) is 6.54 Å². The van der Waals surface area contributed by atoms with E-state index in [9.17, 15) is 9.18 Å². The van der Waals surface area contributed by atoms with Gasteiger partial charge in [0, 0.05) is 12.6 Å². The molecule has 2 N–H and O–H groups in total. The average molecular weight is 380 g/mol. The van der Waals surface area contributed by atoms with Crippen molar-refractivity contribution in [3.05, 3.63) is 77.5 Å². The van der Waals surface area contributed by atoms with Crippen LogP contribution < -0.4 is 15.4 Å². The van der Waals surface area contributed by atoms with Crippen LogP contribution in [0.1, 0.15) is 28.8 Å². The Morgan fingerprint density at radius 1 is 1.11 bits per heavy atom. The van der Waals surface area contributed by atoms with E-state index >= 15 is 0 Å². The zero-order valence-corrected chi connectivity index (χ0v) is 15.7. The van der Waals surface area contributed by atoms with Gasteiger partial charge in [-0.15, -0.1) is 0 Å². The van der Waals surface area contributed by atoms with E-state index in [-0.39, 0.29) is 17.4 Å². The smallest absolute Gasteiger partial charge is 0.274 e. The highest BCUT2D eigenvalue weighted by molar-refractivity contribution is 6.04. The first kappa shape index (κ1) is 19.3. The highest BCUT2D eigenvalue weighted by atomic mass is 19.1. The molecule has 0 saturated carbocycles. The van der Waals surface area contributed by atoms with Crippen molar-refractivity contribution in [1.29, 1.82) is 0 Å². The summed E-state index contributed by atoms with van der Waals surface area (Å²) in [5.74, 6) is 0.932. The van der Waals surface area contributed by atoms with E-state index in [0.717, 1.165) is 5.56 Å². The molecule has 144 valence electrons. The number of carbonyl (C=O) groups is 1. The molecule has 3 rings (SSSR count). The first-order valence-electron chi connectivity index (χ1n) is 8.92. The van der Waals surface area contributed by atoms with Gasteiger partial charge in [-0.05, 0) is 43.7 Å². The molecule has 28 heavy (non-hydrogen) atoms. The van der Waals surface area contributed by atoms with Crippen LogP contribution in [0.25, 0.3) is 0 Å². The number of para-hydroxylation sites is 2. The Hall–Kier alpha value is -3.48. The topological polar surface area (TPSA) is 76.1 Å². The van der Waals surface area contributed by atoms with Gasteiger partial charge in [-0.1, -0.05) is 24.3 Å². The van der Waals surface area contributed by atoms with Crippen LogP contribution in [0.4, 0.5) is 15.9 Å². The van der Waals surface area contributed by atoms with Crippen LogP contribution >= 0.6 is 0 Å². The van der Waals surface area contributed by atoms with E-state index in [0.29, 0.717) is 36.2 Å². The molecule has 0 spiro atoms. The zero-order valence-electron chi connectivity index (χ0n) is 15.7. The van der Waals surface area contributed by atoms with Crippen LogP contribution in [0.15, 0.2) is 54.6 Å². The van der Waals surface area contributed by atoms with Gasteiger partial charge in [0.1, 0.15) is 28.9 Å². The van der Waals surface area contributed by atoms with Crippen LogP contribution in [0.5, 0.6) is 5.75 Å². The lowest BCUT2D eigenvalue weighted by molar-refractivity contribution is 0.102. The minimum atomic E-state index is -0.359. The third-order valence-corrected chi connectivity index (χ3v) is 3.89. The number of nitrogens with zero attached hydrogens (tertiary/aromatic N) is 2. The minimum Gasteiger partial charge on any atom is -0.492 e. The molecule has 6 nitrogen and oxygen atoms in total. The lowest BCUT2D eigenvalue weighted by atomic mass is 10.2. The van der Waals surface area contributed by atoms with Gasteiger partial charge in [0.05, 0.1) is 12.3 Å². The maximum atomic E-state index is 13.0. The largest absolute Gasteiger partial charge is 0.492 e. The van der Waals surface area contributed by atoms with Gasteiger partial charge >= 0.3 is 0 Å². The maximum absolute atomic E-state index is 13.0. The molecule has 7 heteroatoms. The van der Waals surface area contributed by atoms with Crippen molar-refractivity contribution >= 4 is 17.4 Å². The minimum absolute atomic E-state index is 0.236. The Bertz CT molecular complexity index is 961. The summed E-state index contributed by atoms with van der Waals surface area (Å²) in [6.07, 6.45) is 0. The Morgan fingerprint density at radius 3 is 2.61 bits per heavy atom. The third-order valence-electron chi connectivity index (χ3n) is 3.89. The van der Waals surface area contributed by atoms with E-state index in [4.69, 9.17) is 4.74 Å². The van der Waals surface area contributed by atoms with Crippen LogP contribution in [0.3, 0.4) is 0 Å². The van der Waals surface area contributed by atoms with E-state index in [1.807, 2.05) is 19.1 Å². The fraction of sp³-hybridized carbons (Fsp3) is 0.190. The third kappa shape index (κ3) is 5.03. The maximum Gasteiger partial charge on any atom is 0.274 e. The second kappa shape index (κ2) is 8.94. The van der Waals surface area contributed by atoms with Crippen molar-refractivity contribution in [2.75, 3.05) is 17.2 Å². The average Bonchev–Trinajstić information content (AvgIpc) is 2.69. The number of benzene rings is 2. The van der Waals surface area contributed by atoms with E-state index in [2.05, 4.69) is 20.6 Å². The second-order valence-corrected chi connectivity index (χ2v) is 6.05. The number of anilines is 2. The summed E-state index contributed by atoms with van der Waals surface area (Å²) in [6.45, 7) is 4.54. The van der Waals surface area contributed by atoms with Crippen molar-refractivity contribution < 1.29 is 13.9 Å². The first-order valence-corrected chi connectivity index (χ1v) is 8.92. The van der Waals surface area contributed by atoms with E-state index in [1.54, 1.807) is 37.3 Å². The molecule has 0 aliphatic rings. The van der Waals surface area contributed by atoms with Gasteiger partial charge < -0.3 is 15.4 Å². The lowest BCUT2D eigenvalue weighted by Gasteiger charge is -2.12. The van der Waals surface area contributed by atoms with Crippen LogP contribution in [-0.4, -0.2) is 22.5 Å². The van der Waals surface area contributed by atoms with Crippen LogP contribution in [0, 0.1) is 12.7 Å². The fourth-order valence-corrected chi connectivity index (χ4v) is 2.61. The molecule has 0 saturated heterocycles. The normalized spacial score (nSPS) is 10.4. The molecule has 0 radical (unpaired) electrons. The highest BCUT2D eigenvalue weighted by Gasteiger charge is 2.13. The zero-order chi connectivity index (χ0) is 19.9. The summed E-state index contributed by atoms with van der Waals surface area (Å²) in [5.41, 5.74) is 1.71. The summed E-state index contributed by atoms with van der Waals surface area (Å²) >= 11 is 0. The predicted octanol–water partition coefficient (Wildman–Crippen LogP) is 4.19. The molecule has 1 aromatic heterocycles. The summed E-state index contributed by atoms with van der Waals surface area (Å²) in [5, 5.41) is 5.96. The molecular weight excluding hydrogens is 359 g/mol. The molecule has 1 heterocycles. The SMILES string of the molecule is CCOc1ccccc1NC(=O)c1cc(NCc2ccc(F)cc2)nc(C)n1. The Morgan fingerprint density at radius 2 is 1.86 bits per heavy atom. The quantitative estimate of drug-likeness (QED) is 0.643. The number of rotatable bonds is 7. The van der Waals surface area contributed by atoms with Gasteiger partial charge in [0.2, 0.25) is 0 Å². The molecule has 1 amide bonds. The van der Waals surface area contributed by atoms with Gasteiger partial charge in [-0.3, -0.25) is 4.79 Å². The summed E-state index contributed by atoms with van der Waals surface area (Å²) in [7, 11) is 0. The van der Waals surface area contributed by atoms with Gasteiger partial charge in [0.15, 0.2) is 0 Å². The molecule has 0 aliphatic carbocycles. The van der Waals surface area contributed by atoms with Crippen molar-refractivity contribution in [3.63, 3.8) is 0 Å². The van der Waals surface area contributed by atoms with Crippen LogP contribution in [0.2, 0.25) is 0 Å². The Labute approximate surface area is 162 Å². The number of carbonyl (C=O) groups excluding carboxylic acids is 1. The van der Waals surface area contributed by atoms with Crippen molar-refractivity contribution in [2.24, 2.45) is 0 Å². The van der Waals surface area contributed by atoms with Gasteiger partial charge in [0.25, 0.3) is 5.91 Å². The first-order chi connectivity index (χ1) is 13.5. The summed E-state index contributed by atoms with van der Waals surface area (Å²) in [6, 6.07) is 15.0. The highest BCUT2D eigenvalue weighted by Crippen LogP contribution is 2.24. The number of halogens is 1. The van der Waals surface area contributed by atoms with E-state index < -0.39 is 0 Å². The monoisotopic (exact) mass is 380 g/mol. The molecule has 0 unspecified atom stereocenters. The summed E-state index contributed by atoms with van der Waals surface area (Å²) in [4.78, 5) is 21.2. The number of amides is 1. The van der Waals surface area contributed by atoms with Crippen molar-refractivity contribution in [2.45, 2.75) is 20.4 Å². The standard InChI is InChI=1S/C21H21FN4O2/c1-3-28-19-7-5-4-6-17(19)26-21(27)18-12-20(25-14(2)24-18)23-13-15-8-10-16(22)11-9-15/h4-12H,3,13H2,1-2H3,(H,26,27)(H,23,24,25). The summed E-state index contributed by atoms with van der Waals surface area (Å²) < 4.78 is 18.5. The van der Waals surface area contributed by atoms with Crippen molar-refractivity contribution in [1.82, 2.24) is 9.97 Å². The Balaban J connectivity index is 1.73. The molecule has 0 fully saturated rings. The number of hydrogen-bond donors (Lipinski definition) is 2. The van der Waals surface area contributed by atoms with E-state index in [1.165, 1.54) is 12.1 Å². The fourth-order valence-electron chi connectivity index (χ4n) is 2.61. The molecule has 0 bridgehead atoms. The molecule has 3 aromatic rings. The van der Waals surface area contributed by atoms with Gasteiger partial charge in [-0.2, -0.15) is 0 Å². The van der Waals surface area contributed by atoms with Gasteiger partial charge in [-0.25, -0.2) is 14.4 Å². The number of hydrogen-bond acceptors (Lipinski definition) is 5. The molecular formula is C21H21FN4O2. The molecule has 0 atom stereocenters. The lowest BCUT2D eigenvalue weighted by Crippen LogP contribution is -2.16. The number of nitrogens with one attached hydrogen (secondary N) is 2. The molecule has 0 aliphatic heterocycles. The molecule has 2 aromatic carbocycles. The van der Waals surface area contributed by atoms with Crippen molar-refractivity contribution in [3.8, 4) is 5.75 Å². The Kier molecular flexibility index (Phi) is 6.16.